The number of hydrogen-bond acceptors (Lipinski definition) is 3. The number of carbonyl (C=O) groups excluding carboxylic acids is 2. The second-order valence-electron chi connectivity index (χ2n) is 5.67. The Labute approximate surface area is 136 Å². The van der Waals surface area contributed by atoms with Crippen molar-refractivity contribution in [3.8, 4) is 0 Å². The molecule has 1 aliphatic rings. The molecule has 2 rings (SSSR count). The van der Waals surface area contributed by atoms with Crippen molar-refractivity contribution in [3.63, 3.8) is 0 Å². The number of nitrogens with one attached hydrogen (secondary N) is 2. The average Bonchev–Trinajstić information content (AvgIpc) is 2.96. The van der Waals surface area contributed by atoms with E-state index in [0.29, 0.717) is 24.7 Å². The monoisotopic (exact) mass is 323 g/mol. The predicted molar refractivity (Wildman–Crippen MR) is 86.9 cm³/mol. The molecule has 1 aromatic carbocycles. The summed E-state index contributed by atoms with van der Waals surface area (Å²) in [6, 6.07) is 7.68. The minimum absolute atomic E-state index is 0.0801. The average molecular weight is 324 g/mol. The quantitative estimate of drug-likeness (QED) is 0.857. The molecule has 22 heavy (non-hydrogen) atoms. The Hall–Kier alpha value is -1.59. The molecule has 5 nitrogen and oxygen atoms in total. The maximum absolute atomic E-state index is 12.6. The van der Waals surface area contributed by atoms with E-state index in [0.717, 1.165) is 12.1 Å². The van der Waals surface area contributed by atoms with Gasteiger partial charge in [0.25, 0.3) is 0 Å². The largest absolute Gasteiger partial charge is 0.355 e. The SMILES string of the molecule is CC(=O)NCCN(C)C(=O)[C@@H]1CNC[C@H]1c1ccc(Cl)cc1. The van der Waals surface area contributed by atoms with E-state index in [2.05, 4.69) is 10.6 Å². The van der Waals surface area contributed by atoms with Gasteiger partial charge in [0, 0.05) is 51.1 Å². The third-order valence-electron chi connectivity index (χ3n) is 4.03. The van der Waals surface area contributed by atoms with Gasteiger partial charge in [-0.05, 0) is 17.7 Å². The molecule has 1 saturated heterocycles. The maximum atomic E-state index is 12.6. The molecule has 0 radical (unpaired) electrons. The van der Waals surface area contributed by atoms with Gasteiger partial charge in [-0.3, -0.25) is 9.59 Å². The number of hydrogen-bond donors (Lipinski definition) is 2. The first-order chi connectivity index (χ1) is 10.5. The Morgan fingerprint density at radius 1 is 1.32 bits per heavy atom. The van der Waals surface area contributed by atoms with Gasteiger partial charge < -0.3 is 15.5 Å². The highest BCUT2D eigenvalue weighted by Crippen LogP contribution is 2.30. The van der Waals surface area contributed by atoms with Crippen LogP contribution in [0.5, 0.6) is 0 Å². The normalized spacial score (nSPS) is 20.7. The topological polar surface area (TPSA) is 61.4 Å². The van der Waals surface area contributed by atoms with Crippen molar-refractivity contribution in [2.75, 3.05) is 33.2 Å². The Kier molecular flexibility index (Phi) is 5.80. The molecule has 1 heterocycles. The van der Waals surface area contributed by atoms with Gasteiger partial charge in [0.05, 0.1) is 5.92 Å². The van der Waals surface area contributed by atoms with E-state index in [1.54, 1.807) is 11.9 Å². The highest BCUT2D eigenvalue weighted by Gasteiger charge is 2.35. The molecule has 1 fully saturated rings. The molecule has 120 valence electrons. The summed E-state index contributed by atoms with van der Waals surface area (Å²) in [5.74, 6) is 0.106. The van der Waals surface area contributed by atoms with Crippen molar-refractivity contribution < 1.29 is 9.59 Å². The maximum Gasteiger partial charge on any atom is 0.227 e. The van der Waals surface area contributed by atoms with Crippen LogP contribution in [0, 0.1) is 5.92 Å². The van der Waals surface area contributed by atoms with Crippen LogP contribution in [0.2, 0.25) is 5.02 Å². The smallest absolute Gasteiger partial charge is 0.227 e. The van der Waals surface area contributed by atoms with Crippen LogP contribution in [-0.4, -0.2) is 49.9 Å². The van der Waals surface area contributed by atoms with E-state index in [1.807, 2.05) is 24.3 Å². The summed E-state index contributed by atoms with van der Waals surface area (Å²) >= 11 is 5.93. The van der Waals surface area contributed by atoms with Crippen LogP contribution in [0.25, 0.3) is 0 Å². The number of rotatable bonds is 5. The van der Waals surface area contributed by atoms with Gasteiger partial charge in [-0.1, -0.05) is 23.7 Å². The van der Waals surface area contributed by atoms with E-state index >= 15 is 0 Å². The van der Waals surface area contributed by atoms with Gasteiger partial charge in [-0.2, -0.15) is 0 Å². The Bertz CT molecular complexity index is 533. The molecule has 0 bridgehead atoms. The van der Waals surface area contributed by atoms with Gasteiger partial charge in [-0.15, -0.1) is 0 Å². The molecule has 1 aromatic rings. The van der Waals surface area contributed by atoms with Crippen molar-refractivity contribution in [1.29, 1.82) is 0 Å². The summed E-state index contributed by atoms with van der Waals surface area (Å²) in [5, 5.41) is 6.70. The molecule has 0 unspecified atom stereocenters. The van der Waals surface area contributed by atoms with Crippen LogP contribution in [0.15, 0.2) is 24.3 Å². The number of likely N-dealkylation sites (N-methyl/N-ethyl adjacent to an activating group) is 1. The summed E-state index contributed by atoms with van der Waals surface area (Å²) in [4.78, 5) is 25.2. The standard InChI is InChI=1S/C16H22ClN3O2/c1-11(21)19-7-8-20(2)16(22)15-10-18-9-14(15)12-3-5-13(17)6-4-12/h3-6,14-15,18H,7-10H2,1-2H3,(H,19,21)/t14-,15+/m0/s1. The lowest BCUT2D eigenvalue weighted by Crippen LogP contribution is -2.40. The number of carbonyl (C=O) groups is 2. The molecular weight excluding hydrogens is 302 g/mol. The zero-order chi connectivity index (χ0) is 16.1. The summed E-state index contributed by atoms with van der Waals surface area (Å²) < 4.78 is 0. The minimum Gasteiger partial charge on any atom is -0.355 e. The molecule has 0 aliphatic carbocycles. The predicted octanol–water partition coefficient (Wildman–Crippen LogP) is 1.24. The van der Waals surface area contributed by atoms with E-state index in [9.17, 15) is 9.59 Å². The van der Waals surface area contributed by atoms with Gasteiger partial charge in [0.2, 0.25) is 11.8 Å². The van der Waals surface area contributed by atoms with Crippen LogP contribution in [0.1, 0.15) is 18.4 Å². The lowest BCUT2D eigenvalue weighted by Gasteiger charge is -2.25. The van der Waals surface area contributed by atoms with Gasteiger partial charge >= 0.3 is 0 Å². The van der Waals surface area contributed by atoms with E-state index < -0.39 is 0 Å². The van der Waals surface area contributed by atoms with Crippen molar-refractivity contribution in [2.45, 2.75) is 12.8 Å². The minimum atomic E-state index is -0.0811. The first-order valence-electron chi connectivity index (χ1n) is 7.44. The van der Waals surface area contributed by atoms with E-state index in [1.165, 1.54) is 6.92 Å². The zero-order valence-corrected chi connectivity index (χ0v) is 13.7. The molecule has 2 atom stereocenters. The number of nitrogens with zero attached hydrogens (tertiary/aromatic N) is 1. The van der Waals surface area contributed by atoms with Crippen molar-refractivity contribution in [1.82, 2.24) is 15.5 Å². The van der Waals surface area contributed by atoms with Gasteiger partial charge in [0.15, 0.2) is 0 Å². The molecule has 0 saturated carbocycles. The Morgan fingerprint density at radius 3 is 2.64 bits per heavy atom. The van der Waals surface area contributed by atoms with Crippen molar-refractivity contribution >= 4 is 23.4 Å². The molecular formula is C16H22ClN3O2. The van der Waals surface area contributed by atoms with Crippen molar-refractivity contribution in [2.24, 2.45) is 5.92 Å². The highest BCUT2D eigenvalue weighted by atomic mass is 35.5. The summed E-state index contributed by atoms with van der Waals surface area (Å²) in [5.41, 5.74) is 1.13. The van der Waals surface area contributed by atoms with E-state index in [-0.39, 0.29) is 23.7 Å². The Morgan fingerprint density at radius 2 is 2.00 bits per heavy atom. The lowest BCUT2D eigenvalue weighted by atomic mass is 9.88. The fourth-order valence-electron chi connectivity index (χ4n) is 2.79. The third kappa shape index (κ3) is 4.21. The number of amides is 2. The van der Waals surface area contributed by atoms with Crippen molar-refractivity contribution in [3.05, 3.63) is 34.9 Å². The van der Waals surface area contributed by atoms with Crippen LogP contribution in [0.4, 0.5) is 0 Å². The molecule has 6 heteroatoms. The number of halogens is 1. The molecule has 0 spiro atoms. The highest BCUT2D eigenvalue weighted by molar-refractivity contribution is 6.30. The number of benzene rings is 1. The van der Waals surface area contributed by atoms with E-state index in [4.69, 9.17) is 11.6 Å². The molecule has 2 amide bonds. The van der Waals surface area contributed by atoms with Crippen LogP contribution in [-0.2, 0) is 9.59 Å². The second kappa shape index (κ2) is 7.61. The first-order valence-corrected chi connectivity index (χ1v) is 7.82. The van der Waals surface area contributed by atoms with Crippen LogP contribution in [0.3, 0.4) is 0 Å². The fourth-order valence-corrected chi connectivity index (χ4v) is 2.92. The first kappa shape index (κ1) is 16.8. The molecule has 0 aromatic heterocycles. The fraction of sp³-hybridized carbons (Fsp3) is 0.500. The molecule has 1 aliphatic heterocycles. The lowest BCUT2D eigenvalue weighted by molar-refractivity contribution is -0.134. The Balaban J connectivity index is 1.98. The van der Waals surface area contributed by atoms with Gasteiger partial charge in [0.1, 0.15) is 0 Å². The summed E-state index contributed by atoms with van der Waals surface area (Å²) in [7, 11) is 1.78. The third-order valence-corrected chi connectivity index (χ3v) is 4.28. The summed E-state index contributed by atoms with van der Waals surface area (Å²) in [6.07, 6.45) is 0. The second-order valence-corrected chi connectivity index (χ2v) is 6.10. The zero-order valence-electron chi connectivity index (χ0n) is 12.9. The molecule has 2 N–H and O–H groups in total. The summed E-state index contributed by atoms with van der Waals surface area (Å²) in [6.45, 7) is 3.93. The van der Waals surface area contributed by atoms with Crippen LogP contribution >= 0.6 is 11.6 Å². The van der Waals surface area contributed by atoms with Crippen LogP contribution < -0.4 is 10.6 Å². The van der Waals surface area contributed by atoms with Gasteiger partial charge in [-0.25, -0.2) is 0 Å².